The third-order valence-electron chi connectivity index (χ3n) is 3.06. The van der Waals surface area contributed by atoms with Crippen molar-refractivity contribution in [2.45, 2.75) is 45.6 Å². The summed E-state index contributed by atoms with van der Waals surface area (Å²) in [6.07, 6.45) is 0.147. The van der Waals surface area contributed by atoms with Crippen LogP contribution in [0.5, 0.6) is 0 Å². The number of aliphatic hydroxyl groups is 1. The summed E-state index contributed by atoms with van der Waals surface area (Å²) in [5.41, 5.74) is 2.89. The molecule has 1 heterocycles. The summed E-state index contributed by atoms with van der Waals surface area (Å²) in [6, 6.07) is 5.60. The van der Waals surface area contributed by atoms with E-state index in [4.69, 9.17) is 4.74 Å². The maximum atomic E-state index is 12.0. The molecule has 1 aliphatic rings. The van der Waals surface area contributed by atoms with Gasteiger partial charge in [-0.05, 0) is 43.5 Å². The molecule has 0 aliphatic carbocycles. The van der Waals surface area contributed by atoms with Gasteiger partial charge >= 0.3 is 0 Å². The van der Waals surface area contributed by atoms with Gasteiger partial charge < -0.3 is 15.2 Å². The van der Waals surface area contributed by atoms with Crippen LogP contribution in [0.4, 0.5) is 0 Å². The highest BCUT2D eigenvalue weighted by Crippen LogP contribution is 2.20. The monoisotopic (exact) mass is 249 g/mol. The Labute approximate surface area is 107 Å². The van der Waals surface area contributed by atoms with Gasteiger partial charge in [0.05, 0.1) is 19.3 Å². The zero-order valence-corrected chi connectivity index (χ0v) is 10.8. The van der Waals surface area contributed by atoms with E-state index in [0.29, 0.717) is 25.2 Å². The summed E-state index contributed by atoms with van der Waals surface area (Å²) < 4.78 is 5.32. The van der Waals surface area contributed by atoms with E-state index in [2.05, 4.69) is 5.32 Å². The van der Waals surface area contributed by atoms with E-state index < -0.39 is 6.10 Å². The molecule has 2 unspecified atom stereocenters. The quantitative estimate of drug-likeness (QED) is 0.852. The molecule has 0 bridgehead atoms. The molecule has 0 fully saturated rings. The molecule has 1 aromatic carbocycles. The molecule has 0 aromatic heterocycles. The van der Waals surface area contributed by atoms with E-state index in [9.17, 15) is 9.90 Å². The average molecular weight is 249 g/mol. The maximum Gasteiger partial charge on any atom is 0.251 e. The highest BCUT2D eigenvalue weighted by molar-refractivity contribution is 5.94. The lowest BCUT2D eigenvalue weighted by Crippen LogP contribution is -2.34. The molecule has 0 saturated carbocycles. The molecule has 0 radical (unpaired) electrons. The molecule has 2 rings (SSSR count). The lowest BCUT2D eigenvalue weighted by molar-refractivity contribution is 0.0923. The highest BCUT2D eigenvalue weighted by Gasteiger charge is 2.16. The minimum Gasteiger partial charge on any atom is -0.393 e. The fourth-order valence-electron chi connectivity index (χ4n) is 2.19. The van der Waals surface area contributed by atoms with Gasteiger partial charge in [-0.15, -0.1) is 0 Å². The van der Waals surface area contributed by atoms with Gasteiger partial charge in [-0.3, -0.25) is 4.79 Å². The van der Waals surface area contributed by atoms with Crippen LogP contribution in [0.15, 0.2) is 18.2 Å². The first-order valence-electron chi connectivity index (χ1n) is 6.24. The topological polar surface area (TPSA) is 58.6 Å². The first-order valence-corrected chi connectivity index (χ1v) is 6.24. The molecule has 1 aromatic rings. The normalized spacial score (nSPS) is 17.1. The van der Waals surface area contributed by atoms with Gasteiger partial charge in [0.2, 0.25) is 0 Å². The molecule has 98 valence electrons. The van der Waals surface area contributed by atoms with Crippen LogP contribution in [0.2, 0.25) is 0 Å². The highest BCUT2D eigenvalue weighted by atomic mass is 16.5. The van der Waals surface area contributed by atoms with Crippen molar-refractivity contribution in [2.75, 3.05) is 0 Å². The lowest BCUT2D eigenvalue weighted by atomic mass is 10.1. The molecule has 4 nitrogen and oxygen atoms in total. The Kier molecular flexibility index (Phi) is 3.99. The van der Waals surface area contributed by atoms with E-state index in [-0.39, 0.29) is 11.9 Å². The lowest BCUT2D eigenvalue weighted by Gasteiger charge is -2.15. The molecule has 0 saturated heterocycles. The number of amides is 1. The fraction of sp³-hybridized carbons (Fsp3) is 0.500. The Morgan fingerprint density at radius 2 is 2.11 bits per heavy atom. The van der Waals surface area contributed by atoms with Crippen LogP contribution >= 0.6 is 0 Å². The van der Waals surface area contributed by atoms with Crippen LogP contribution in [0, 0.1) is 0 Å². The number of aliphatic hydroxyl groups excluding tert-OH is 1. The van der Waals surface area contributed by atoms with Crippen LogP contribution in [-0.2, 0) is 18.0 Å². The van der Waals surface area contributed by atoms with Gasteiger partial charge in [-0.1, -0.05) is 6.07 Å². The minimum absolute atomic E-state index is 0.0398. The number of carbonyl (C=O) groups is 1. The number of nitrogens with one attached hydrogen (secondary N) is 1. The van der Waals surface area contributed by atoms with Gasteiger partial charge in [-0.25, -0.2) is 0 Å². The van der Waals surface area contributed by atoms with Gasteiger partial charge in [0, 0.05) is 11.6 Å². The van der Waals surface area contributed by atoms with Gasteiger partial charge in [0.25, 0.3) is 5.91 Å². The van der Waals surface area contributed by atoms with Crippen LogP contribution in [0.25, 0.3) is 0 Å². The second-order valence-corrected chi connectivity index (χ2v) is 4.94. The van der Waals surface area contributed by atoms with Gasteiger partial charge in [0.15, 0.2) is 0 Å². The molecule has 2 atom stereocenters. The summed E-state index contributed by atoms with van der Waals surface area (Å²) >= 11 is 0. The standard InChI is InChI=1S/C14H19NO3/c1-9(5-10(2)16)15-14(17)11-3-4-12-7-18-8-13(12)6-11/h3-4,6,9-10,16H,5,7-8H2,1-2H3,(H,15,17). The molecule has 4 heteroatoms. The molecular formula is C14H19NO3. The van der Waals surface area contributed by atoms with Crippen LogP contribution in [-0.4, -0.2) is 23.2 Å². The first-order chi connectivity index (χ1) is 8.56. The van der Waals surface area contributed by atoms with Gasteiger partial charge in [0.1, 0.15) is 0 Å². The van der Waals surface area contributed by atoms with Crippen LogP contribution in [0.1, 0.15) is 41.8 Å². The zero-order chi connectivity index (χ0) is 13.1. The van der Waals surface area contributed by atoms with Crippen LogP contribution < -0.4 is 5.32 Å². The molecule has 1 aliphatic heterocycles. The Morgan fingerprint density at radius 1 is 1.39 bits per heavy atom. The smallest absolute Gasteiger partial charge is 0.251 e. The number of carbonyl (C=O) groups excluding carboxylic acids is 1. The van der Waals surface area contributed by atoms with Crippen molar-refractivity contribution in [3.8, 4) is 0 Å². The van der Waals surface area contributed by atoms with Crippen molar-refractivity contribution in [3.05, 3.63) is 34.9 Å². The van der Waals surface area contributed by atoms with Crippen molar-refractivity contribution in [3.63, 3.8) is 0 Å². The fourth-order valence-corrected chi connectivity index (χ4v) is 2.19. The second kappa shape index (κ2) is 5.50. The van der Waals surface area contributed by atoms with Crippen LogP contribution in [0.3, 0.4) is 0 Å². The largest absolute Gasteiger partial charge is 0.393 e. The summed E-state index contributed by atoms with van der Waals surface area (Å²) in [6.45, 7) is 4.83. The third kappa shape index (κ3) is 3.09. The SMILES string of the molecule is CC(O)CC(C)NC(=O)c1ccc2c(c1)COC2. The number of ether oxygens (including phenoxy) is 1. The summed E-state index contributed by atoms with van der Waals surface area (Å²) in [4.78, 5) is 12.0. The van der Waals surface area contributed by atoms with Crippen molar-refractivity contribution in [1.29, 1.82) is 0 Å². The molecule has 0 spiro atoms. The summed E-state index contributed by atoms with van der Waals surface area (Å²) in [5, 5.41) is 12.1. The Hall–Kier alpha value is -1.39. The van der Waals surface area contributed by atoms with Crippen molar-refractivity contribution in [1.82, 2.24) is 5.32 Å². The van der Waals surface area contributed by atoms with E-state index in [0.717, 1.165) is 11.1 Å². The first kappa shape index (κ1) is 13.1. The summed E-state index contributed by atoms with van der Waals surface area (Å²) in [5.74, 6) is -0.0992. The van der Waals surface area contributed by atoms with E-state index >= 15 is 0 Å². The Bertz CT molecular complexity index is 443. The number of benzene rings is 1. The summed E-state index contributed by atoms with van der Waals surface area (Å²) in [7, 11) is 0. The molecule has 1 amide bonds. The van der Waals surface area contributed by atoms with Crippen molar-refractivity contribution in [2.24, 2.45) is 0 Å². The van der Waals surface area contributed by atoms with Crippen molar-refractivity contribution >= 4 is 5.91 Å². The Balaban J connectivity index is 2.01. The Morgan fingerprint density at radius 3 is 2.83 bits per heavy atom. The predicted molar refractivity (Wildman–Crippen MR) is 68.2 cm³/mol. The third-order valence-corrected chi connectivity index (χ3v) is 3.06. The predicted octanol–water partition coefficient (Wildman–Crippen LogP) is 1.61. The molecular weight excluding hydrogens is 230 g/mol. The average Bonchev–Trinajstić information content (AvgIpc) is 2.74. The van der Waals surface area contributed by atoms with E-state index in [1.165, 1.54) is 0 Å². The molecule has 2 N–H and O–H groups in total. The number of hydrogen-bond donors (Lipinski definition) is 2. The number of rotatable bonds is 4. The zero-order valence-electron chi connectivity index (χ0n) is 10.8. The maximum absolute atomic E-state index is 12.0. The minimum atomic E-state index is -0.409. The second-order valence-electron chi connectivity index (χ2n) is 4.94. The van der Waals surface area contributed by atoms with E-state index in [1.807, 2.05) is 25.1 Å². The van der Waals surface area contributed by atoms with Crippen molar-refractivity contribution < 1.29 is 14.6 Å². The van der Waals surface area contributed by atoms with E-state index in [1.54, 1.807) is 6.92 Å². The molecule has 18 heavy (non-hydrogen) atoms. The van der Waals surface area contributed by atoms with Gasteiger partial charge in [-0.2, -0.15) is 0 Å². The number of fused-ring (bicyclic) bond motifs is 1. The number of hydrogen-bond acceptors (Lipinski definition) is 3.